The standard InChI is InChI=1S/C33H25Cl3N2O6/c1-2-42-29-17-20(16-28(36)30(29)44-19-22-8-4-6-10-27(22)35)15-25-31(39)37-33(41)38(32(25)40)23-11-13-24(14-12-23)43-18-21-7-3-5-9-26(21)34/h3-17H,2,18-19H2,1H3,(H,37,39,41)/b25-15+. The summed E-state index contributed by atoms with van der Waals surface area (Å²) in [6.07, 6.45) is 1.34. The maximum atomic E-state index is 13.5. The Labute approximate surface area is 268 Å². The van der Waals surface area contributed by atoms with Gasteiger partial charge in [-0.15, -0.1) is 0 Å². The molecule has 4 aromatic rings. The minimum atomic E-state index is -0.877. The van der Waals surface area contributed by atoms with E-state index in [1.165, 1.54) is 12.1 Å². The summed E-state index contributed by atoms with van der Waals surface area (Å²) in [5.41, 5.74) is 1.93. The Balaban J connectivity index is 1.36. The molecule has 8 nitrogen and oxygen atoms in total. The summed E-state index contributed by atoms with van der Waals surface area (Å²) in [5, 5.41) is 3.54. The van der Waals surface area contributed by atoms with E-state index in [-0.39, 0.29) is 35.2 Å². The van der Waals surface area contributed by atoms with Gasteiger partial charge < -0.3 is 14.2 Å². The first-order chi connectivity index (χ1) is 21.2. The van der Waals surface area contributed by atoms with Crippen molar-refractivity contribution in [2.45, 2.75) is 20.1 Å². The summed E-state index contributed by atoms with van der Waals surface area (Å²) in [6, 6.07) is 23.1. The van der Waals surface area contributed by atoms with Gasteiger partial charge in [0.1, 0.15) is 24.5 Å². The molecule has 0 unspecified atom stereocenters. The van der Waals surface area contributed by atoms with E-state index in [0.717, 1.165) is 16.0 Å². The summed E-state index contributed by atoms with van der Waals surface area (Å²) in [7, 11) is 0. The van der Waals surface area contributed by atoms with Gasteiger partial charge in [0.25, 0.3) is 11.8 Å². The molecule has 1 aliphatic heterocycles. The fourth-order valence-corrected chi connectivity index (χ4v) is 5.02. The van der Waals surface area contributed by atoms with E-state index in [9.17, 15) is 14.4 Å². The molecule has 0 atom stereocenters. The van der Waals surface area contributed by atoms with Crippen molar-refractivity contribution in [2.24, 2.45) is 0 Å². The number of anilines is 1. The number of nitrogens with zero attached hydrogens (tertiary/aromatic N) is 1. The van der Waals surface area contributed by atoms with Gasteiger partial charge in [0.2, 0.25) is 0 Å². The minimum absolute atomic E-state index is 0.141. The maximum absolute atomic E-state index is 13.5. The number of carbonyl (C=O) groups is 3. The molecule has 1 saturated heterocycles. The van der Waals surface area contributed by atoms with Crippen LogP contribution in [0.4, 0.5) is 10.5 Å². The monoisotopic (exact) mass is 650 g/mol. The third-order valence-corrected chi connectivity index (χ3v) is 7.54. The third kappa shape index (κ3) is 7.00. The zero-order valence-electron chi connectivity index (χ0n) is 23.3. The number of amides is 4. The lowest BCUT2D eigenvalue weighted by molar-refractivity contribution is -0.122. The Kier molecular flexibility index (Phi) is 9.75. The van der Waals surface area contributed by atoms with Crippen LogP contribution >= 0.6 is 34.8 Å². The van der Waals surface area contributed by atoms with Crippen LogP contribution in [0.3, 0.4) is 0 Å². The van der Waals surface area contributed by atoms with Crippen molar-refractivity contribution in [3.63, 3.8) is 0 Å². The molecule has 11 heteroatoms. The molecular weight excluding hydrogens is 627 g/mol. The molecule has 4 amide bonds. The number of imide groups is 2. The predicted octanol–water partition coefficient (Wildman–Crippen LogP) is 7.87. The Bertz CT molecular complexity index is 1760. The smallest absolute Gasteiger partial charge is 0.335 e. The molecule has 1 fully saturated rings. The highest BCUT2D eigenvalue weighted by Gasteiger charge is 2.37. The van der Waals surface area contributed by atoms with Gasteiger partial charge in [-0.05, 0) is 67.1 Å². The lowest BCUT2D eigenvalue weighted by atomic mass is 10.1. The van der Waals surface area contributed by atoms with E-state index >= 15 is 0 Å². The van der Waals surface area contributed by atoms with Gasteiger partial charge in [-0.25, -0.2) is 9.69 Å². The number of ether oxygens (including phenoxy) is 3. The SMILES string of the molecule is CCOc1cc(/C=C2\C(=O)NC(=O)N(c3ccc(OCc4ccccc4Cl)cc3)C2=O)cc(Cl)c1OCc1ccccc1Cl. The average molecular weight is 652 g/mol. The maximum Gasteiger partial charge on any atom is 0.335 e. The summed E-state index contributed by atoms with van der Waals surface area (Å²) >= 11 is 19.0. The Morgan fingerprint density at radius 1 is 0.750 bits per heavy atom. The molecule has 224 valence electrons. The summed E-state index contributed by atoms with van der Waals surface area (Å²) in [5.74, 6) is -0.562. The Morgan fingerprint density at radius 3 is 1.98 bits per heavy atom. The fraction of sp³-hybridized carbons (Fsp3) is 0.121. The zero-order valence-corrected chi connectivity index (χ0v) is 25.6. The van der Waals surface area contributed by atoms with Crippen LogP contribution in [0.1, 0.15) is 23.6 Å². The van der Waals surface area contributed by atoms with Crippen LogP contribution in [0.5, 0.6) is 17.2 Å². The number of urea groups is 1. The molecule has 1 heterocycles. The largest absolute Gasteiger partial charge is 0.490 e. The average Bonchev–Trinajstić information content (AvgIpc) is 3.00. The highest BCUT2D eigenvalue weighted by Crippen LogP contribution is 2.38. The van der Waals surface area contributed by atoms with Crippen molar-refractivity contribution >= 4 is 64.4 Å². The summed E-state index contributed by atoms with van der Waals surface area (Å²) in [4.78, 5) is 39.8. The van der Waals surface area contributed by atoms with E-state index in [1.807, 2.05) is 36.4 Å². The van der Waals surface area contributed by atoms with E-state index in [2.05, 4.69) is 5.32 Å². The molecule has 1 aliphatic rings. The van der Waals surface area contributed by atoms with Crippen molar-refractivity contribution < 1.29 is 28.6 Å². The van der Waals surface area contributed by atoms with Crippen molar-refractivity contribution in [2.75, 3.05) is 11.5 Å². The normalized spacial score (nSPS) is 14.0. The number of hydrogen-bond acceptors (Lipinski definition) is 6. The van der Waals surface area contributed by atoms with Gasteiger partial charge in [-0.1, -0.05) is 71.2 Å². The van der Waals surface area contributed by atoms with Crippen molar-refractivity contribution in [1.82, 2.24) is 5.32 Å². The molecule has 1 N–H and O–H groups in total. The number of barbiturate groups is 1. The van der Waals surface area contributed by atoms with E-state index in [0.29, 0.717) is 33.7 Å². The number of carbonyl (C=O) groups excluding carboxylic acids is 3. The number of hydrogen-bond donors (Lipinski definition) is 1. The second-order valence-electron chi connectivity index (χ2n) is 9.47. The lowest BCUT2D eigenvalue weighted by Crippen LogP contribution is -2.54. The molecule has 0 radical (unpaired) electrons. The van der Waals surface area contributed by atoms with Crippen LogP contribution in [0.25, 0.3) is 6.08 Å². The van der Waals surface area contributed by atoms with Gasteiger partial charge in [-0.3, -0.25) is 14.9 Å². The Morgan fingerprint density at radius 2 is 1.36 bits per heavy atom. The quantitative estimate of drug-likeness (QED) is 0.139. The third-order valence-electron chi connectivity index (χ3n) is 6.52. The first-order valence-electron chi connectivity index (χ1n) is 13.5. The van der Waals surface area contributed by atoms with Gasteiger partial charge in [0, 0.05) is 21.2 Å². The second kappa shape index (κ2) is 13.9. The van der Waals surface area contributed by atoms with Crippen LogP contribution in [-0.4, -0.2) is 24.5 Å². The molecule has 0 aromatic heterocycles. The van der Waals surface area contributed by atoms with Gasteiger partial charge in [0.15, 0.2) is 11.5 Å². The van der Waals surface area contributed by atoms with Crippen LogP contribution in [-0.2, 0) is 22.8 Å². The second-order valence-corrected chi connectivity index (χ2v) is 10.7. The van der Waals surface area contributed by atoms with E-state index in [4.69, 9.17) is 49.0 Å². The van der Waals surface area contributed by atoms with E-state index < -0.39 is 17.8 Å². The molecular formula is C33H25Cl3N2O6. The predicted molar refractivity (Wildman–Crippen MR) is 170 cm³/mol. The molecule has 0 saturated carbocycles. The number of halogens is 3. The van der Waals surface area contributed by atoms with Gasteiger partial charge in [-0.2, -0.15) is 0 Å². The minimum Gasteiger partial charge on any atom is -0.490 e. The van der Waals surface area contributed by atoms with Crippen LogP contribution in [0.15, 0.2) is 90.5 Å². The molecule has 4 aromatic carbocycles. The van der Waals surface area contributed by atoms with E-state index in [1.54, 1.807) is 49.4 Å². The molecule has 44 heavy (non-hydrogen) atoms. The fourth-order valence-electron chi connectivity index (χ4n) is 4.37. The van der Waals surface area contributed by atoms with Gasteiger partial charge >= 0.3 is 6.03 Å². The van der Waals surface area contributed by atoms with Crippen LogP contribution in [0.2, 0.25) is 15.1 Å². The van der Waals surface area contributed by atoms with Crippen molar-refractivity contribution in [3.8, 4) is 17.2 Å². The van der Waals surface area contributed by atoms with Gasteiger partial charge in [0.05, 0.1) is 17.3 Å². The highest BCUT2D eigenvalue weighted by atomic mass is 35.5. The number of nitrogens with one attached hydrogen (secondary N) is 1. The summed E-state index contributed by atoms with van der Waals surface area (Å²) in [6.45, 7) is 2.48. The Hall–Kier alpha value is -4.50. The molecule has 0 bridgehead atoms. The van der Waals surface area contributed by atoms with Crippen LogP contribution < -0.4 is 24.4 Å². The molecule has 5 rings (SSSR count). The first-order valence-corrected chi connectivity index (χ1v) is 14.6. The van der Waals surface area contributed by atoms with Crippen molar-refractivity contribution in [3.05, 3.63) is 122 Å². The number of benzene rings is 4. The summed E-state index contributed by atoms with van der Waals surface area (Å²) < 4.78 is 17.5. The zero-order chi connectivity index (χ0) is 31.2. The lowest BCUT2D eigenvalue weighted by Gasteiger charge is -2.26. The molecule has 0 aliphatic carbocycles. The first kappa shape index (κ1) is 30.9. The van der Waals surface area contributed by atoms with Crippen molar-refractivity contribution in [1.29, 1.82) is 0 Å². The topological polar surface area (TPSA) is 94.2 Å². The number of rotatable bonds is 10. The highest BCUT2D eigenvalue weighted by molar-refractivity contribution is 6.39. The molecule has 0 spiro atoms. The van der Waals surface area contributed by atoms with Crippen LogP contribution in [0, 0.1) is 0 Å².